The number of carbonyl (C=O) groups is 1. The van der Waals surface area contributed by atoms with E-state index in [1.54, 1.807) is 6.33 Å². The van der Waals surface area contributed by atoms with Gasteiger partial charge in [-0.05, 0) is 26.2 Å². The normalized spacial score (nSPS) is 16.6. The molecule has 1 aromatic rings. The van der Waals surface area contributed by atoms with E-state index in [0.717, 1.165) is 43.9 Å². The van der Waals surface area contributed by atoms with Gasteiger partial charge in [-0.25, -0.2) is 9.97 Å². The predicted octanol–water partition coefficient (Wildman–Crippen LogP) is 2.94. The number of nitrogens with zero attached hydrogens (tertiary/aromatic N) is 3. The Morgan fingerprint density at radius 2 is 2.00 bits per heavy atom. The first-order chi connectivity index (χ1) is 10.5. The number of esters is 1. The summed E-state index contributed by atoms with van der Waals surface area (Å²) >= 11 is 0. The zero-order valence-corrected chi connectivity index (χ0v) is 14.1. The van der Waals surface area contributed by atoms with Gasteiger partial charge in [-0.3, -0.25) is 4.79 Å². The summed E-state index contributed by atoms with van der Waals surface area (Å²) in [6, 6.07) is 2.09. The zero-order valence-electron chi connectivity index (χ0n) is 14.1. The molecular formula is C17H27N3O2. The van der Waals surface area contributed by atoms with Crippen molar-refractivity contribution in [1.29, 1.82) is 0 Å². The van der Waals surface area contributed by atoms with Crippen molar-refractivity contribution in [2.45, 2.75) is 52.4 Å². The molecule has 1 fully saturated rings. The van der Waals surface area contributed by atoms with Crippen LogP contribution in [0.5, 0.6) is 0 Å². The molecule has 0 aromatic carbocycles. The van der Waals surface area contributed by atoms with Gasteiger partial charge in [0, 0.05) is 24.6 Å². The molecule has 0 amide bonds. The fourth-order valence-electron chi connectivity index (χ4n) is 2.68. The van der Waals surface area contributed by atoms with E-state index in [4.69, 9.17) is 4.74 Å². The number of ether oxygens (including phenoxy) is 1. The maximum absolute atomic E-state index is 11.8. The smallest absolute Gasteiger partial charge is 0.309 e. The lowest BCUT2D eigenvalue weighted by atomic mass is 9.86. The van der Waals surface area contributed by atoms with Gasteiger partial charge in [0.2, 0.25) is 0 Å². The van der Waals surface area contributed by atoms with Crippen molar-refractivity contribution in [2.24, 2.45) is 5.92 Å². The monoisotopic (exact) mass is 305 g/mol. The van der Waals surface area contributed by atoms with Gasteiger partial charge in [0.15, 0.2) is 0 Å². The highest BCUT2D eigenvalue weighted by Crippen LogP contribution is 2.28. The highest BCUT2D eigenvalue weighted by molar-refractivity contribution is 5.72. The lowest BCUT2D eigenvalue weighted by Gasteiger charge is -2.32. The quantitative estimate of drug-likeness (QED) is 0.783. The predicted molar refractivity (Wildman–Crippen MR) is 86.9 cm³/mol. The Bertz CT molecular complexity index is 508. The lowest BCUT2D eigenvalue weighted by Crippen LogP contribution is -2.37. The Hall–Kier alpha value is -1.65. The van der Waals surface area contributed by atoms with Crippen LogP contribution in [0.25, 0.3) is 0 Å². The molecule has 122 valence electrons. The number of carbonyl (C=O) groups excluding carboxylic acids is 1. The second kappa shape index (κ2) is 7.07. The zero-order chi connectivity index (χ0) is 16.2. The SMILES string of the molecule is CCOC(=O)C1CCN(c2cc(C(C)(C)CC)ncn2)CC1. The standard InChI is InChI=1S/C17H27N3O2/c1-5-17(3,4)14-11-15(19-12-18-14)20-9-7-13(8-10-20)16(21)22-6-2/h11-13H,5-10H2,1-4H3. The van der Waals surface area contributed by atoms with Gasteiger partial charge in [0.25, 0.3) is 0 Å². The van der Waals surface area contributed by atoms with Crippen molar-refractivity contribution in [2.75, 3.05) is 24.6 Å². The van der Waals surface area contributed by atoms with E-state index >= 15 is 0 Å². The first-order valence-electron chi connectivity index (χ1n) is 8.22. The highest BCUT2D eigenvalue weighted by atomic mass is 16.5. The van der Waals surface area contributed by atoms with E-state index in [0.29, 0.717) is 6.61 Å². The first kappa shape index (κ1) is 16.7. The first-order valence-corrected chi connectivity index (χ1v) is 8.22. The summed E-state index contributed by atoms with van der Waals surface area (Å²) in [5, 5.41) is 0. The summed E-state index contributed by atoms with van der Waals surface area (Å²) in [7, 11) is 0. The minimum absolute atomic E-state index is 0.0320. The molecule has 0 N–H and O–H groups in total. The fraction of sp³-hybridized carbons (Fsp3) is 0.706. The van der Waals surface area contributed by atoms with E-state index in [9.17, 15) is 4.79 Å². The molecule has 22 heavy (non-hydrogen) atoms. The number of hydrogen-bond acceptors (Lipinski definition) is 5. The van der Waals surface area contributed by atoms with Crippen LogP contribution in [0.2, 0.25) is 0 Å². The minimum Gasteiger partial charge on any atom is -0.466 e. The third-order valence-corrected chi connectivity index (χ3v) is 4.67. The van der Waals surface area contributed by atoms with Gasteiger partial charge in [-0.2, -0.15) is 0 Å². The Kier molecular flexibility index (Phi) is 5.37. The van der Waals surface area contributed by atoms with Crippen LogP contribution >= 0.6 is 0 Å². The van der Waals surface area contributed by atoms with E-state index in [2.05, 4.69) is 41.7 Å². The van der Waals surface area contributed by atoms with Crippen molar-refractivity contribution in [3.8, 4) is 0 Å². The van der Waals surface area contributed by atoms with E-state index < -0.39 is 0 Å². The summed E-state index contributed by atoms with van der Waals surface area (Å²) in [4.78, 5) is 22.9. The van der Waals surface area contributed by atoms with Crippen molar-refractivity contribution < 1.29 is 9.53 Å². The number of anilines is 1. The second-order valence-electron chi connectivity index (χ2n) is 6.51. The number of hydrogen-bond donors (Lipinski definition) is 0. The molecule has 0 atom stereocenters. The van der Waals surface area contributed by atoms with Crippen LogP contribution in [-0.4, -0.2) is 35.6 Å². The van der Waals surface area contributed by atoms with Gasteiger partial charge in [-0.1, -0.05) is 20.8 Å². The highest BCUT2D eigenvalue weighted by Gasteiger charge is 2.27. The fourth-order valence-corrected chi connectivity index (χ4v) is 2.68. The number of piperidine rings is 1. The largest absolute Gasteiger partial charge is 0.466 e. The molecule has 1 saturated heterocycles. The van der Waals surface area contributed by atoms with E-state index in [1.807, 2.05) is 6.92 Å². The second-order valence-corrected chi connectivity index (χ2v) is 6.51. The van der Waals surface area contributed by atoms with Crippen LogP contribution < -0.4 is 4.90 Å². The van der Waals surface area contributed by atoms with Crippen LogP contribution in [-0.2, 0) is 14.9 Å². The topological polar surface area (TPSA) is 55.3 Å². The number of aromatic nitrogens is 2. The molecule has 0 bridgehead atoms. The lowest BCUT2D eigenvalue weighted by molar-refractivity contribution is -0.148. The van der Waals surface area contributed by atoms with Gasteiger partial charge >= 0.3 is 5.97 Å². The Morgan fingerprint density at radius 3 is 2.59 bits per heavy atom. The van der Waals surface area contributed by atoms with Gasteiger partial charge in [0.1, 0.15) is 12.1 Å². The van der Waals surface area contributed by atoms with Crippen molar-refractivity contribution in [1.82, 2.24) is 9.97 Å². The Morgan fingerprint density at radius 1 is 1.32 bits per heavy atom. The molecule has 1 aliphatic heterocycles. The molecular weight excluding hydrogens is 278 g/mol. The average Bonchev–Trinajstić information content (AvgIpc) is 2.55. The van der Waals surface area contributed by atoms with Crippen LogP contribution in [0.1, 0.15) is 52.7 Å². The summed E-state index contributed by atoms with van der Waals surface area (Å²) in [6.07, 6.45) is 4.35. The summed E-state index contributed by atoms with van der Waals surface area (Å²) in [5.41, 5.74) is 1.13. The van der Waals surface area contributed by atoms with Crippen molar-refractivity contribution >= 4 is 11.8 Å². The molecule has 2 heterocycles. The molecule has 0 saturated carbocycles. The summed E-state index contributed by atoms with van der Waals surface area (Å²) in [5.74, 6) is 0.941. The summed E-state index contributed by atoms with van der Waals surface area (Å²) in [6.45, 7) is 10.6. The van der Waals surface area contributed by atoms with E-state index in [1.165, 1.54) is 0 Å². The summed E-state index contributed by atoms with van der Waals surface area (Å²) < 4.78 is 5.12. The number of rotatable bonds is 5. The third kappa shape index (κ3) is 3.76. The van der Waals surface area contributed by atoms with Crippen LogP contribution in [0.15, 0.2) is 12.4 Å². The third-order valence-electron chi connectivity index (χ3n) is 4.67. The minimum atomic E-state index is -0.0577. The maximum Gasteiger partial charge on any atom is 0.309 e. The van der Waals surface area contributed by atoms with Crippen LogP contribution in [0, 0.1) is 5.92 Å². The Balaban J connectivity index is 2.03. The van der Waals surface area contributed by atoms with Gasteiger partial charge in [0.05, 0.1) is 18.2 Å². The molecule has 0 aliphatic carbocycles. The molecule has 1 aliphatic rings. The average molecular weight is 305 g/mol. The molecule has 5 heteroatoms. The van der Waals surface area contributed by atoms with Crippen molar-refractivity contribution in [3.63, 3.8) is 0 Å². The molecule has 2 rings (SSSR count). The van der Waals surface area contributed by atoms with Crippen LogP contribution in [0.4, 0.5) is 5.82 Å². The van der Waals surface area contributed by atoms with Crippen LogP contribution in [0.3, 0.4) is 0 Å². The molecule has 0 radical (unpaired) electrons. The molecule has 0 unspecified atom stereocenters. The van der Waals surface area contributed by atoms with E-state index in [-0.39, 0.29) is 17.3 Å². The van der Waals surface area contributed by atoms with Gasteiger partial charge in [-0.15, -0.1) is 0 Å². The maximum atomic E-state index is 11.8. The molecule has 5 nitrogen and oxygen atoms in total. The van der Waals surface area contributed by atoms with Gasteiger partial charge < -0.3 is 9.64 Å². The van der Waals surface area contributed by atoms with Crippen molar-refractivity contribution in [3.05, 3.63) is 18.1 Å². The Labute approximate surface area is 133 Å². The molecule has 0 spiro atoms. The molecule has 1 aromatic heterocycles.